The number of carbonyl (C=O) groups excluding carboxylic acids is 1. The van der Waals surface area contributed by atoms with Crippen molar-refractivity contribution >= 4 is 5.91 Å². The summed E-state index contributed by atoms with van der Waals surface area (Å²) >= 11 is 0. The van der Waals surface area contributed by atoms with E-state index in [1.807, 2.05) is 31.3 Å². The Balaban J connectivity index is 1.55. The fraction of sp³-hybridized carbons (Fsp3) is 0.474. The zero-order chi connectivity index (χ0) is 18.5. The van der Waals surface area contributed by atoms with E-state index < -0.39 is 0 Å². The van der Waals surface area contributed by atoms with Crippen LogP contribution in [0.1, 0.15) is 29.0 Å². The van der Waals surface area contributed by atoms with Gasteiger partial charge in [-0.25, -0.2) is 0 Å². The number of rotatable bonds is 7. The molecule has 0 radical (unpaired) electrons. The van der Waals surface area contributed by atoms with Crippen LogP contribution in [0, 0.1) is 0 Å². The Kier molecular flexibility index (Phi) is 5.78. The largest absolute Gasteiger partial charge is 0.497 e. The van der Waals surface area contributed by atoms with E-state index in [2.05, 4.69) is 22.1 Å². The number of hydrogen-bond donors (Lipinski definition) is 1. The number of benzene rings is 1. The van der Waals surface area contributed by atoms with Crippen LogP contribution >= 0.6 is 0 Å². The number of aromatic nitrogens is 2. The van der Waals surface area contributed by atoms with Crippen LogP contribution in [0.2, 0.25) is 0 Å². The summed E-state index contributed by atoms with van der Waals surface area (Å²) in [6, 6.07) is 9.57. The number of H-pyrrole nitrogens is 1. The number of carbonyl (C=O) groups is 1. The Morgan fingerprint density at radius 3 is 2.92 bits per heavy atom. The summed E-state index contributed by atoms with van der Waals surface area (Å²) in [5.41, 5.74) is 1.17. The number of nitrogens with zero attached hydrogens (tertiary/aromatic N) is 3. The molecular formula is C19H26N4O3. The first-order chi connectivity index (χ1) is 12.6. The summed E-state index contributed by atoms with van der Waals surface area (Å²) in [7, 11) is 5.56. The van der Waals surface area contributed by atoms with Crippen molar-refractivity contribution in [2.24, 2.45) is 0 Å². The van der Waals surface area contributed by atoms with E-state index in [1.165, 1.54) is 6.42 Å². The quantitative estimate of drug-likeness (QED) is 0.821. The molecule has 1 saturated heterocycles. The Labute approximate surface area is 153 Å². The average molecular weight is 358 g/mol. The lowest BCUT2D eigenvalue weighted by Gasteiger charge is -2.25. The second-order valence-electron chi connectivity index (χ2n) is 6.71. The van der Waals surface area contributed by atoms with Crippen LogP contribution in [0.25, 0.3) is 0 Å². The fourth-order valence-electron chi connectivity index (χ4n) is 3.20. The summed E-state index contributed by atoms with van der Waals surface area (Å²) in [6.45, 7) is 2.13. The molecule has 2 aromatic rings. The van der Waals surface area contributed by atoms with E-state index in [9.17, 15) is 4.79 Å². The lowest BCUT2D eigenvalue weighted by Crippen LogP contribution is -2.39. The van der Waals surface area contributed by atoms with Gasteiger partial charge in [0.1, 0.15) is 18.1 Å². The lowest BCUT2D eigenvalue weighted by atomic mass is 10.2. The standard InChI is InChI=1S/C19H26N4O3/c1-22-9-5-6-15(22)12-23(2)19(24)18-10-14(20-21-18)13-26-17-8-4-7-16(11-17)25-3/h4,7-8,10-11,15H,5-6,9,12-13H2,1-3H3,(H,20,21)/t15-/m1/s1. The summed E-state index contributed by atoms with van der Waals surface area (Å²) in [4.78, 5) is 16.6. The van der Waals surface area contributed by atoms with Gasteiger partial charge in [0.05, 0.1) is 12.8 Å². The first-order valence-corrected chi connectivity index (χ1v) is 8.83. The maximum Gasteiger partial charge on any atom is 0.274 e. The van der Waals surface area contributed by atoms with Gasteiger partial charge in [0.15, 0.2) is 5.69 Å². The van der Waals surface area contributed by atoms with Gasteiger partial charge in [-0.3, -0.25) is 9.89 Å². The molecule has 2 heterocycles. The van der Waals surface area contributed by atoms with Crippen LogP contribution in [0.5, 0.6) is 11.5 Å². The van der Waals surface area contributed by atoms with Gasteiger partial charge in [0.25, 0.3) is 5.91 Å². The summed E-state index contributed by atoms with van der Waals surface area (Å²) < 4.78 is 10.9. The minimum absolute atomic E-state index is 0.0748. The smallest absolute Gasteiger partial charge is 0.274 e. The monoisotopic (exact) mass is 358 g/mol. The normalized spacial score (nSPS) is 17.3. The second kappa shape index (κ2) is 8.23. The number of nitrogens with one attached hydrogen (secondary N) is 1. The van der Waals surface area contributed by atoms with Crippen LogP contribution < -0.4 is 9.47 Å². The predicted octanol–water partition coefficient (Wildman–Crippen LogP) is 2.16. The van der Waals surface area contributed by atoms with Gasteiger partial charge in [-0.15, -0.1) is 0 Å². The number of hydrogen-bond acceptors (Lipinski definition) is 5. The van der Waals surface area contributed by atoms with Crippen LogP contribution in [-0.2, 0) is 6.61 Å². The van der Waals surface area contributed by atoms with Crippen LogP contribution in [0.15, 0.2) is 30.3 Å². The zero-order valence-electron chi connectivity index (χ0n) is 15.6. The van der Waals surface area contributed by atoms with Crippen molar-refractivity contribution in [3.8, 4) is 11.5 Å². The molecule has 1 N–H and O–H groups in total. The Bertz CT molecular complexity index is 746. The molecule has 1 atom stereocenters. The third-order valence-electron chi connectivity index (χ3n) is 4.79. The maximum absolute atomic E-state index is 12.6. The first-order valence-electron chi connectivity index (χ1n) is 8.83. The third-order valence-corrected chi connectivity index (χ3v) is 4.79. The maximum atomic E-state index is 12.6. The Hall–Kier alpha value is -2.54. The molecule has 7 nitrogen and oxygen atoms in total. The molecule has 140 valence electrons. The number of aromatic amines is 1. The Morgan fingerprint density at radius 2 is 2.19 bits per heavy atom. The highest BCUT2D eigenvalue weighted by molar-refractivity contribution is 5.92. The van der Waals surface area contributed by atoms with Gasteiger partial charge in [-0.2, -0.15) is 5.10 Å². The zero-order valence-corrected chi connectivity index (χ0v) is 15.6. The molecule has 1 amide bonds. The van der Waals surface area contributed by atoms with E-state index in [0.717, 1.165) is 31.0 Å². The van der Waals surface area contributed by atoms with E-state index >= 15 is 0 Å². The minimum atomic E-state index is -0.0748. The molecule has 1 aromatic carbocycles. The average Bonchev–Trinajstić information content (AvgIpc) is 3.29. The van der Waals surface area contributed by atoms with Gasteiger partial charge in [0.2, 0.25) is 0 Å². The molecule has 0 saturated carbocycles. The van der Waals surface area contributed by atoms with Crippen molar-refractivity contribution in [3.05, 3.63) is 41.7 Å². The molecule has 26 heavy (non-hydrogen) atoms. The van der Waals surface area contributed by atoms with Gasteiger partial charge in [0, 0.05) is 25.7 Å². The number of likely N-dealkylation sites (N-methyl/N-ethyl adjacent to an activating group) is 2. The van der Waals surface area contributed by atoms with Gasteiger partial charge < -0.3 is 19.3 Å². The highest BCUT2D eigenvalue weighted by Crippen LogP contribution is 2.20. The number of ether oxygens (including phenoxy) is 2. The van der Waals surface area contributed by atoms with E-state index in [1.54, 1.807) is 18.1 Å². The molecule has 1 aliphatic heterocycles. The molecule has 0 unspecified atom stereocenters. The first kappa shape index (κ1) is 18.3. The fourth-order valence-corrected chi connectivity index (χ4v) is 3.20. The Morgan fingerprint density at radius 1 is 1.38 bits per heavy atom. The van der Waals surface area contributed by atoms with Crippen molar-refractivity contribution in [3.63, 3.8) is 0 Å². The summed E-state index contributed by atoms with van der Waals surface area (Å²) in [6.07, 6.45) is 2.33. The topological polar surface area (TPSA) is 70.7 Å². The highest BCUT2D eigenvalue weighted by Gasteiger charge is 2.25. The molecular weight excluding hydrogens is 332 g/mol. The van der Waals surface area contributed by atoms with Crippen molar-refractivity contribution in [1.82, 2.24) is 20.0 Å². The molecule has 1 aliphatic rings. The molecule has 1 aromatic heterocycles. The molecule has 7 heteroatoms. The highest BCUT2D eigenvalue weighted by atomic mass is 16.5. The molecule has 1 fully saturated rings. The van der Waals surface area contributed by atoms with E-state index in [-0.39, 0.29) is 5.91 Å². The minimum Gasteiger partial charge on any atom is -0.497 e. The van der Waals surface area contributed by atoms with Crippen molar-refractivity contribution < 1.29 is 14.3 Å². The molecule has 0 aliphatic carbocycles. The predicted molar refractivity (Wildman–Crippen MR) is 98.5 cm³/mol. The molecule has 3 rings (SSSR count). The van der Waals surface area contributed by atoms with Crippen LogP contribution in [-0.4, -0.2) is 66.2 Å². The number of amides is 1. The van der Waals surface area contributed by atoms with Gasteiger partial charge in [-0.1, -0.05) is 6.07 Å². The van der Waals surface area contributed by atoms with E-state index in [0.29, 0.717) is 24.1 Å². The van der Waals surface area contributed by atoms with Crippen molar-refractivity contribution in [1.29, 1.82) is 0 Å². The third kappa shape index (κ3) is 4.35. The molecule has 0 bridgehead atoms. The molecule has 0 spiro atoms. The lowest BCUT2D eigenvalue weighted by molar-refractivity contribution is 0.0755. The van der Waals surface area contributed by atoms with Crippen LogP contribution in [0.4, 0.5) is 0 Å². The number of methoxy groups -OCH3 is 1. The SMILES string of the molecule is COc1cccc(OCc2cc(C(=O)N(C)C[C@H]3CCCN3C)n[nH]2)c1. The summed E-state index contributed by atoms with van der Waals surface area (Å²) in [5.74, 6) is 1.36. The second-order valence-corrected chi connectivity index (χ2v) is 6.71. The van der Waals surface area contributed by atoms with Crippen LogP contribution in [0.3, 0.4) is 0 Å². The van der Waals surface area contributed by atoms with E-state index in [4.69, 9.17) is 9.47 Å². The van der Waals surface area contributed by atoms with Gasteiger partial charge >= 0.3 is 0 Å². The van der Waals surface area contributed by atoms with Crippen molar-refractivity contribution in [2.45, 2.75) is 25.5 Å². The van der Waals surface area contributed by atoms with Gasteiger partial charge in [-0.05, 0) is 44.6 Å². The summed E-state index contributed by atoms with van der Waals surface area (Å²) in [5, 5.41) is 7.02. The number of likely N-dealkylation sites (tertiary alicyclic amines) is 1. The van der Waals surface area contributed by atoms with Crippen molar-refractivity contribution in [2.75, 3.05) is 34.3 Å².